The first kappa shape index (κ1) is 17.2. The Balaban J connectivity index is 1.82. The highest BCUT2D eigenvalue weighted by molar-refractivity contribution is 7.91. The van der Waals surface area contributed by atoms with Gasteiger partial charge in [0.05, 0.1) is 10.6 Å². The van der Waals surface area contributed by atoms with E-state index >= 15 is 0 Å². The van der Waals surface area contributed by atoms with Crippen LogP contribution in [0.25, 0.3) is 16.9 Å². The van der Waals surface area contributed by atoms with Crippen LogP contribution in [0.5, 0.6) is 0 Å². The van der Waals surface area contributed by atoms with Gasteiger partial charge in [-0.1, -0.05) is 19.1 Å². The average Bonchev–Trinajstić information content (AvgIpc) is 3.30. The largest absolute Gasteiger partial charge is 0.322 e. The van der Waals surface area contributed by atoms with E-state index in [0.717, 1.165) is 11.2 Å². The number of sulfone groups is 1. The summed E-state index contributed by atoms with van der Waals surface area (Å²) in [5.74, 6) is 1.68. The molecule has 27 heavy (non-hydrogen) atoms. The van der Waals surface area contributed by atoms with Crippen LogP contribution in [0.3, 0.4) is 0 Å². The number of rotatable bonds is 5. The predicted octanol–water partition coefficient (Wildman–Crippen LogP) is 2.97. The van der Waals surface area contributed by atoms with Crippen molar-refractivity contribution in [1.82, 2.24) is 24.8 Å². The van der Waals surface area contributed by atoms with Crippen molar-refractivity contribution in [1.29, 1.82) is 0 Å². The van der Waals surface area contributed by atoms with E-state index < -0.39 is 9.84 Å². The van der Waals surface area contributed by atoms with Gasteiger partial charge in [0.15, 0.2) is 27.3 Å². The molecule has 0 fully saturated rings. The van der Waals surface area contributed by atoms with E-state index in [1.165, 1.54) is 0 Å². The number of anilines is 2. The van der Waals surface area contributed by atoms with Crippen LogP contribution in [0, 0.1) is 6.92 Å². The molecule has 4 aromatic rings. The van der Waals surface area contributed by atoms with E-state index in [-0.39, 0.29) is 10.6 Å². The van der Waals surface area contributed by atoms with Gasteiger partial charge >= 0.3 is 0 Å². The Morgan fingerprint density at radius 3 is 2.78 bits per heavy atom. The van der Waals surface area contributed by atoms with Crippen molar-refractivity contribution in [2.75, 3.05) is 11.1 Å². The molecule has 1 aromatic carbocycles. The molecule has 0 radical (unpaired) electrons. The van der Waals surface area contributed by atoms with Gasteiger partial charge in [0.1, 0.15) is 5.52 Å². The van der Waals surface area contributed by atoms with Crippen LogP contribution in [-0.4, -0.2) is 39.0 Å². The van der Waals surface area contributed by atoms with Gasteiger partial charge in [-0.2, -0.15) is 5.10 Å². The van der Waals surface area contributed by atoms with Gasteiger partial charge in [0, 0.05) is 23.5 Å². The highest BCUT2D eigenvalue weighted by Crippen LogP contribution is 2.25. The third-order valence-electron chi connectivity index (χ3n) is 4.17. The zero-order chi connectivity index (χ0) is 19.0. The summed E-state index contributed by atoms with van der Waals surface area (Å²) >= 11 is 0. The number of nitrogens with zero attached hydrogens (tertiary/aromatic N) is 4. The van der Waals surface area contributed by atoms with Gasteiger partial charge in [-0.3, -0.25) is 5.10 Å². The van der Waals surface area contributed by atoms with Gasteiger partial charge in [0.25, 0.3) is 0 Å². The fraction of sp³-hybridized carbons (Fsp3) is 0.167. The number of aromatic amines is 1. The Hall–Kier alpha value is -3.20. The minimum atomic E-state index is -3.31. The second-order valence-corrected chi connectivity index (χ2v) is 8.39. The highest BCUT2D eigenvalue weighted by atomic mass is 32.2. The summed E-state index contributed by atoms with van der Waals surface area (Å²) in [5, 5.41) is 14.7. The molecule has 0 saturated carbocycles. The quantitative estimate of drug-likeness (QED) is 0.550. The van der Waals surface area contributed by atoms with Gasteiger partial charge in [-0.15, -0.1) is 5.10 Å². The molecule has 0 unspecified atom stereocenters. The summed E-state index contributed by atoms with van der Waals surface area (Å²) in [6.07, 6.45) is 1.81. The predicted molar refractivity (Wildman–Crippen MR) is 103 cm³/mol. The zero-order valence-electron chi connectivity index (χ0n) is 14.8. The number of H-pyrrole nitrogens is 1. The summed E-state index contributed by atoms with van der Waals surface area (Å²) < 4.78 is 26.1. The third kappa shape index (κ3) is 3.28. The lowest BCUT2D eigenvalue weighted by molar-refractivity contribution is 0.597. The van der Waals surface area contributed by atoms with Crippen molar-refractivity contribution in [3.63, 3.8) is 0 Å². The number of aromatic nitrogens is 5. The summed E-state index contributed by atoms with van der Waals surface area (Å²) in [5.41, 5.74) is 2.34. The molecule has 0 saturated heterocycles. The molecule has 0 aliphatic carbocycles. The Labute approximate surface area is 156 Å². The molecular weight excluding hydrogens is 364 g/mol. The van der Waals surface area contributed by atoms with E-state index in [0.29, 0.717) is 23.0 Å². The van der Waals surface area contributed by atoms with Gasteiger partial charge in [-0.05, 0) is 31.2 Å². The molecule has 9 heteroatoms. The maximum Gasteiger partial charge on any atom is 0.182 e. The van der Waals surface area contributed by atoms with Crippen molar-refractivity contribution >= 4 is 27.0 Å². The Kier molecular flexibility index (Phi) is 4.15. The molecule has 0 amide bonds. The van der Waals surface area contributed by atoms with Crippen LogP contribution in [-0.2, 0) is 9.84 Å². The molecule has 0 aliphatic heterocycles. The molecule has 138 valence electrons. The van der Waals surface area contributed by atoms with Crippen LogP contribution in [0.2, 0.25) is 0 Å². The fourth-order valence-electron chi connectivity index (χ4n) is 2.75. The van der Waals surface area contributed by atoms with Gasteiger partial charge < -0.3 is 5.32 Å². The lowest BCUT2D eigenvalue weighted by atomic mass is 10.2. The van der Waals surface area contributed by atoms with Gasteiger partial charge in [-0.25, -0.2) is 17.9 Å². The lowest BCUT2D eigenvalue weighted by Gasteiger charge is -2.09. The van der Waals surface area contributed by atoms with Crippen molar-refractivity contribution < 1.29 is 8.42 Å². The van der Waals surface area contributed by atoms with Crippen LogP contribution >= 0.6 is 0 Å². The monoisotopic (exact) mass is 382 g/mol. The number of hydrogen-bond acceptors (Lipinski definition) is 6. The van der Waals surface area contributed by atoms with E-state index in [2.05, 4.69) is 25.6 Å². The summed E-state index contributed by atoms with van der Waals surface area (Å²) in [6.45, 7) is 3.54. The minimum Gasteiger partial charge on any atom is -0.322 e. The molecule has 3 heterocycles. The zero-order valence-corrected chi connectivity index (χ0v) is 15.7. The summed E-state index contributed by atoms with van der Waals surface area (Å²) in [6, 6.07) is 12.3. The number of nitrogens with one attached hydrogen (secondary N) is 2. The molecule has 3 aromatic heterocycles. The van der Waals surface area contributed by atoms with Crippen LogP contribution < -0.4 is 5.32 Å². The average molecular weight is 382 g/mol. The smallest absolute Gasteiger partial charge is 0.182 e. The van der Waals surface area contributed by atoms with Crippen molar-refractivity contribution in [2.45, 2.75) is 18.7 Å². The highest BCUT2D eigenvalue weighted by Gasteiger charge is 2.15. The Morgan fingerprint density at radius 2 is 2.04 bits per heavy atom. The first-order valence-corrected chi connectivity index (χ1v) is 10.1. The van der Waals surface area contributed by atoms with Gasteiger partial charge in [0.2, 0.25) is 0 Å². The van der Waals surface area contributed by atoms with Crippen molar-refractivity contribution in [3.05, 3.63) is 54.4 Å². The SMILES string of the molecule is CCS(=O)(=O)c1cccc(-c2nc(Nc3cc(C)[nH]n3)c3cccn3n2)c1. The molecule has 8 nitrogen and oxygen atoms in total. The first-order chi connectivity index (χ1) is 13.0. The Bertz CT molecular complexity index is 1230. The summed E-state index contributed by atoms with van der Waals surface area (Å²) in [7, 11) is -3.31. The molecule has 2 N–H and O–H groups in total. The number of aryl methyl sites for hydroxylation is 1. The van der Waals surface area contributed by atoms with Crippen LogP contribution in [0.4, 0.5) is 11.6 Å². The lowest BCUT2D eigenvalue weighted by Crippen LogP contribution is -2.05. The maximum atomic E-state index is 12.2. The van der Waals surface area contributed by atoms with E-state index in [1.54, 1.807) is 35.7 Å². The molecular formula is C18H18N6O2S. The van der Waals surface area contributed by atoms with E-state index in [1.807, 2.05) is 31.3 Å². The second kappa shape index (κ2) is 6.51. The molecule has 0 atom stereocenters. The number of hydrogen-bond donors (Lipinski definition) is 2. The molecule has 4 rings (SSSR count). The van der Waals surface area contributed by atoms with Crippen molar-refractivity contribution in [3.8, 4) is 11.4 Å². The van der Waals surface area contributed by atoms with E-state index in [4.69, 9.17) is 0 Å². The van der Waals surface area contributed by atoms with Crippen LogP contribution in [0.1, 0.15) is 12.6 Å². The first-order valence-electron chi connectivity index (χ1n) is 8.44. The van der Waals surface area contributed by atoms with Crippen LogP contribution in [0.15, 0.2) is 53.6 Å². The molecule has 0 bridgehead atoms. The number of fused-ring (bicyclic) bond motifs is 1. The topological polar surface area (TPSA) is 105 Å². The summed E-state index contributed by atoms with van der Waals surface area (Å²) in [4.78, 5) is 4.87. The standard InChI is InChI=1S/C18H18N6O2S/c1-3-27(25,26)14-7-4-6-13(11-14)17-20-18(15-8-5-9-24(15)23-17)19-16-10-12(2)21-22-16/h4-11H,3H2,1-2H3,(H2,19,20,21,22,23). The third-order valence-corrected chi connectivity index (χ3v) is 5.91. The fourth-order valence-corrected chi connectivity index (χ4v) is 3.67. The van der Waals surface area contributed by atoms with Crippen molar-refractivity contribution in [2.24, 2.45) is 0 Å². The second-order valence-electron chi connectivity index (χ2n) is 6.11. The van der Waals surface area contributed by atoms with E-state index in [9.17, 15) is 8.42 Å². The molecule has 0 aliphatic rings. The minimum absolute atomic E-state index is 0.0409. The normalized spacial score (nSPS) is 11.8. The maximum absolute atomic E-state index is 12.2. The Morgan fingerprint density at radius 1 is 1.19 bits per heavy atom. The molecule has 0 spiro atoms. The number of benzene rings is 1.